The third-order valence-corrected chi connectivity index (χ3v) is 2.92. The number of Topliss-reactive ketones (excluding diaryl/α,β-unsaturated/α-hetero) is 1. The first-order valence-corrected chi connectivity index (χ1v) is 6.27. The van der Waals surface area contributed by atoms with Gasteiger partial charge in [-0.15, -0.1) is 0 Å². The fourth-order valence-electron chi connectivity index (χ4n) is 1.87. The van der Waals surface area contributed by atoms with Crippen molar-refractivity contribution in [2.75, 3.05) is 6.61 Å². The van der Waals surface area contributed by atoms with Crippen LogP contribution in [0.5, 0.6) is 0 Å². The molecule has 0 aliphatic rings. The molecule has 1 aromatic carbocycles. The molecule has 0 amide bonds. The number of hydrogen-bond acceptors (Lipinski definition) is 5. The molecule has 0 bridgehead atoms. The summed E-state index contributed by atoms with van der Waals surface area (Å²) in [5.41, 5.74) is 1.02. The minimum Gasteiger partial charge on any atom is -0.465 e. The van der Waals surface area contributed by atoms with E-state index < -0.39 is 16.8 Å². The van der Waals surface area contributed by atoms with Gasteiger partial charge in [0.15, 0.2) is 0 Å². The maximum Gasteiger partial charge on any atom is 0.316 e. The molecular weight excluding hydrogens is 262 g/mol. The van der Waals surface area contributed by atoms with E-state index in [4.69, 9.17) is 4.74 Å². The van der Waals surface area contributed by atoms with Crippen LogP contribution in [0.15, 0.2) is 18.2 Å². The largest absolute Gasteiger partial charge is 0.465 e. The average molecular weight is 279 g/mol. The lowest BCUT2D eigenvalue weighted by Gasteiger charge is -2.13. The molecule has 0 radical (unpaired) electrons. The summed E-state index contributed by atoms with van der Waals surface area (Å²) in [6.45, 7) is 4.83. The number of benzene rings is 1. The van der Waals surface area contributed by atoms with Gasteiger partial charge in [0.1, 0.15) is 11.7 Å². The highest BCUT2D eigenvalue weighted by Gasteiger charge is 2.28. The molecule has 0 saturated heterocycles. The van der Waals surface area contributed by atoms with Crippen molar-refractivity contribution < 1.29 is 19.2 Å². The Kier molecular flexibility index (Phi) is 5.37. The Labute approximate surface area is 116 Å². The zero-order valence-electron chi connectivity index (χ0n) is 11.7. The Morgan fingerprint density at radius 3 is 2.55 bits per heavy atom. The van der Waals surface area contributed by atoms with Crippen molar-refractivity contribution in [3.8, 4) is 0 Å². The Balaban J connectivity index is 3.08. The minimum absolute atomic E-state index is 0.0231. The second-order valence-electron chi connectivity index (χ2n) is 4.51. The molecule has 0 aliphatic carbocycles. The molecule has 0 heterocycles. The van der Waals surface area contributed by atoms with E-state index in [1.807, 2.05) is 0 Å². The predicted molar refractivity (Wildman–Crippen MR) is 72.3 cm³/mol. The fraction of sp³-hybridized carbons (Fsp3) is 0.429. The van der Waals surface area contributed by atoms with Gasteiger partial charge in [0, 0.05) is 11.6 Å². The number of rotatable bonds is 6. The van der Waals surface area contributed by atoms with E-state index in [0.29, 0.717) is 5.56 Å². The van der Waals surface area contributed by atoms with E-state index in [2.05, 4.69) is 0 Å². The molecule has 0 aromatic heterocycles. The summed E-state index contributed by atoms with van der Waals surface area (Å²) < 4.78 is 4.83. The van der Waals surface area contributed by atoms with E-state index in [9.17, 15) is 19.7 Å². The maximum atomic E-state index is 11.7. The number of carbonyl (C=O) groups excluding carboxylic acids is 2. The topological polar surface area (TPSA) is 86.5 Å². The number of carbonyl (C=O) groups is 2. The number of esters is 1. The molecule has 0 saturated carbocycles. The summed E-state index contributed by atoms with van der Waals surface area (Å²) >= 11 is 0. The van der Waals surface area contributed by atoms with Gasteiger partial charge in [-0.05, 0) is 32.8 Å². The highest BCUT2D eigenvalue weighted by atomic mass is 16.6. The zero-order chi connectivity index (χ0) is 15.3. The van der Waals surface area contributed by atoms with Crippen LogP contribution in [0.4, 0.5) is 5.69 Å². The molecule has 1 atom stereocenters. The van der Waals surface area contributed by atoms with Crippen molar-refractivity contribution in [3.05, 3.63) is 39.4 Å². The molecule has 6 nitrogen and oxygen atoms in total. The van der Waals surface area contributed by atoms with Crippen LogP contribution in [0.1, 0.15) is 25.0 Å². The second-order valence-corrected chi connectivity index (χ2v) is 4.51. The van der Waals surface area contributed by atoms with Crippen LogP contribution in [0, 0.1) is 23.0 Å². The smallest absolute Gasteiger partial charge is 0.316 e. The van der Waals surface area contributed by atoms with Crippen molar-refractivity contribution in [3.63, 3.8) is 0 Å². The number of nitro benzene ring substituents is 1. The summed E-state index contributed by atoms with van der Waals surface area (Å²) in [5.74, 6) is -2.01. The van der Waals surface area contributed by atoms with E-state index in [-0.39, 0.29) is 24.5 Å². The number of hydrogen-bond donors (Lipinski definition) is 0. The summed E-state index contributed by atoms with van der Waals surface area (Å²) in [7, 11) is 0. The summed E-state index contributed by atoms with van der Waals surface area (Å²) in [5, 5.41) is 11.0. The van der Waals surface area contributed by atoms with Crippen LogP contribution in [-0.2, 0) is 20.7 Å². The van der Waals surface area contributed by atoms with Gasteiger partial charge in [-0.2, -0.15) is 0 Å². The van der Waals surface area contributed by atoms with Gasteiger partial charge in [-0.25, -0.2) is 0 Å². The second kappa shape index (κ2) is 6.79. The lowest BCUT2D eigenvalue weighted by molar-refractivity contribution is -0.385. The monoisotopic (exact) mass is 279 g/mol. The van der Waals surface area contributed by atoms with Crippen molar-refractivity contribution >= 4 is 17.4 Å². The Morgan fingerprint density at radius 1 is 1.40 bits per heavy atom. The highest BCUT2D eigenvalue weighted by Crippen LogP contribution is 2.24. The summed E-state index contributed by atoms with van der Waals surface area (Å²) in [4.78, 5) is 33.8. The summed E-state index contributed by atoms with van der Waals surface area (Å²) in [6.07, 6.45) is -0.0231. The van der Waals surface area contributed by atoms with Gasteiger partial charge in [-0.3, -0.25) is 19.7 Å². The SMILES string of the molecule is CCOC(=O)C(Cc1ccc(C)cc1[N+](=O)[O-])C(C)=O. The Morgan fingerprint density at radius 2 is 2.05 bits per heavy atom. The van der Waals surface area contributed by atoms with Gasteiger partial charge in [0.2, 0.25) is 0 Å². The molecule has 0 N–H and O–H groups in total. The van der Waals surface area contributed by atoms with Gasteiger partial charge >= 0.3 is 5.97 Å². The first kappa shape index (κ1) is 15.8. The van der Waals surface area contributed by atoms with Crippen LogP contribution in [0.25, 0.3) is 0 Å². The van der Waals surface area contributed by atoms with Gasteiger partial charge in [0.25, 0.3) is 5.69 Å². The zero-order valence-corrected chi connectivity index (χ0v) is 11.7. The lowest BCUT2D eigenvalue weighted by atomic mass is 9.94. The molecule has 0 fully saturated rings. The van der Waals surface area contributed by atoms with E-state index in [0.717, 1.165) is 5.56 Å². The number of ether oxygens (including phenoxy) is 1. The molecule has 1 unspecified atom stereocenters. The van der Waals surface area contributed by atoms with Crippen molar-refractivity contribution in [2.45, 2.75) is 27.2 Å². The number of nitro groups is 1. The highest BCUT2D eigenvalue weighted by molar-refractivity contribution is 5.98. The number of nitrogens with zero attached hydrogens (tertiary/aromatic N) is 1. The minimum atomic E-state index is -1.00. The predicted octanol–water partition coefficient (Wildman–Crippen LogP) is 2.21. The van der Waals surface area contributed by atoms with E-state index in [1.165, 1.54) is 13.0 Å². The normalized spacial score (nSPS) is 11.8. The average Bonchev–Trinajstić information content (AvgIpc) is 2.36. The van der Waals surface area contributed by atoms with Crippen molar-refractivity contribution in [1.82, 2.24) is 0 Å². The van der Waals surface area contributed by atoms with E-state index in [1.54, 1.807) is 26.0 Å². The van der Waals surface area contributed by atoms with Crippen LogP contribution in [-0.4, -0.2) is 23.3 Å². The van der Waals surface area contributed by atoms with Gasteiger partial charge < -0.3 is 4.74 Å². The molecule has 20 heavy (non-hydrogen) atoms. The first-order valence-electron chi connectivity index (χ1n) is 6.27. The molecule has 0 spiro atoms. The molecule has 6 heteroatoms. The molecule has 108 valence electrons. The molecule has 0 aliphatic heterocycles. The molecule has 1 rings (SSSR count). The lowest BCUT2D eigenvalue weighted by Crippen LogP contribution is -2.26. The van der Waals surface area contributed by atoms with Crippen LogP contribution >= 0.6 is 0 Å². The molecule has 1 aromatic rings. The van der Waals surface area contributed by atoms with Crippen molar-refractivity contribution in [2.24, 2.45) is 5.92 Å². The van der Waals surface area contributed by atoms with Gasteiger partial charge in [-0.1, -0.05) is 12.1 Å². The maximum absolute atomic E-state index is 11.7. The summed E-state index contributed by atoms with van der Waals surface area (Å²) in [6, 6.07) is 4.71. The molecular formula is C14H17NO5. The van der Waals surface area contributed by atoms with E-state index >= 15 is 0 Å². The third-order valence-electron chi connectivity index (χ3n) is 2.92. The number of aryl methyl sites for hydroxylation is 1. The first-order chi connectivity index (χ1) is 9.36. The quantitative estimate of drug-likeness (QED) is 0.345. The van der Waals surface area contributed by atoms with Crippen LogP contribution in [0.3, 0.4) is 0 Å². The van der Waals surface area contributed by atoms with Crippen molar-refractivity contribution in [1.29, 1.82) is 0 Å². The Hall–Kier alpha value is -2.24. The van der Waals surface area contributed by atoms with Crippen LogP contribution in [0.2, 0.25) is 0 Å². The number of ketones is 1. The van der Waals surface area contributed by atoms with Gasteiger partial charge in [0.05, 0.1) is 11.5 Å². The third kappa shape index (κ3) is 3.88. The fourth-order valence-corrected chi connectivity index (χ4v) is 1.87. The Bertz CT molecular complexity index is 538. The standard InChI is InChI=1S/C14H17NO5/c1-4-20-14(17)12(10(3)16)8-11-6-5-9(2)7-13(11)15(18)19/h5-7,12H,4,8H2,1-3H3. The van der Waals surface area contributed by atoms with Crippen LogP contribution < -0.4 is 0 Å².